The molecule has 1 aliphatic carbocycles. The second kappa shape index (κ2) is 8.14. The van der Waals surface area contributed by atoms with E-state index in [4.69, 9.17) is 0 Å². The van der Waals surface area contributed by atoms with Crippen molar-refractivity contribution < 1.29 is 0 Å². The fourth-order valence-corrected chi connectivity index (χ4v) is 8.68. The van der Waals surface area contributed by atoms with Crippen LogP contribution in [0, 0.1) is 0 Å². The quantitative estimate of drug-likeness (QED) is 0.197. The second-order valence-electron chi connectivity index (χ2n) is 10.8. The average molecular weight is 525 g/mol. The molecule has 1 aromatic heterocycles. The second-order valence-corrected chi connectivity index (χ2v) is 11.8. The summed E-state index contributed by atoms with van der Waals surface area (Å²) in [5.41, 5.74) is 7.60. The van der Waals surface area contributed by atoms with Gasteiger partial charge < -0.3 is 0 Å². The molecular formula is C39H24S. The Labute approximate surface area is 236 Å². The maximum atomic E-state index is 2.39. The molecule has 0 unspecified atom stereocenters. The lowest BCUT2D eigenvalue weighted by molar-refractivity contribution is 0.776. The molecule has 0 N–H and O–H groups in total. The normalized spacial score (nSPS) is 13.7. The summed E-state index contributed by atoms with van der Waals surface area (Å²) in [4.78, 5) is 0. The lowest BCUT2D eigenvalue weighted by Crippen LogP contribution is -2.28. The standard InChI is InChI=1S/C39H24S/c1-3-13-25(14-4-1)39(26-15-5-2-6-16-26)33-21-11-9-17-27(33)30-23-24-32-35(37(30)39)28-18-7-8-19-29(28)36-31-20-10-12-22-34(31)40-38(32)36/h1-24H. The molecular weight excluding hydrogens is 500 g/mol. The molecule has 8 aromatic rings. The van der Waals surface area contributed by atoms with Crippen LogP contribution in [0.15, 0.2) is 146 Å². The Morgan fingerprint density at radius 1 is 0.400 bits per heavy atom. The number of fused-ring (bicyclic) bond motifs is 12. The largest absolute Gasteiger partial charge is 0.135 e. The molecule has 186 valence electrons. The molecule has 0 amide bonds. The molecule has 0 nitrogen and oxygen atoms in total. The highest BCUT2D eigenvalue weighted by Crippen LogP contribution is 2.59. The highest BCUT2D eigenvalue weighted by atomic mass is 32.1. The molecule has 0 atom stereocenters. The van der Waals surface area contributed by atoms with E-state index in [1.807, 2.05) is 11.3 Å². The smallest absolute Gasteiger partial charge is 0.0719 e. The summed E-state index contributed by atoms with van der Waals surface area (Å²) in [6.07, 6.45) is 0. The summed E-state index contributed by atoms with van der Waals surface area (Å²) in [6.45, 7) is 0. The van der Waals surface area contributed by atoms with Crippen LogP contribution in [0.3, 0.4) is 0 Å². The van der Waals surface area contributed by atoms with Crippen LogP contribution in [0.5, 0.6) is 0 Å². The van der Waals surface area contributed by atoms with Crippen molar-refractivity contribution in [2.24, 2.45) is 0 Å². The molecule has 0 saturated carbocycles. The summed E-state index contributed by atoms with van der Waals surface area (Å²) in [5, 5.41) is 8.11. The SMILES string of the molecule is c1ccc(C2(c3ccccc3)c3ccccc3-c3ccc4c5sc6ccccc6c5c5ccccc5c4c32)cc1. The first kappa shape index (κ1) is 22.1. The molecule has 1 heteroatoms. The van der Waals surface area contributed by atoms with Crippen molar-refractivity contribution in [3.8, 4) is 11.1 Å². The third-order valence-electron chi connectivity index (χ3n) is 8.92. The van der Waals surface area contributed by atoms with E-state index in [9.17, 15) is 0 Å². The molecule has 0 spiro atoms. The summed E-state index contributed by atoms with van der Waals surface area (Å²) in [7, 11) is 0. The van der Waals surface area contributed by atoms with E-state index in [0.717, 1.165) is 0 Å². The van der Waals surface area contributed by atoms with Gasteiger partial charge in [0.2, 0.25) is 0 Å². The topological polar surface area (TPSA) is 0 Å². The van der Waals surface area contributed by atoms with E-state index in [2.05, 4.69) is 146 Å². The predicted molar refractivity (Wildman–Crippen MR) is 172 cm³/mol. The van der Waals surface area contributed by atoms with Crippen molar-refractivity contribution in [2.75, 3.05) is 0 Å². The third kappa shape index (κ3) is 2.70. The van der Waals surface area contributed by atoms with E-state index >= 15 is 0 Å². The fourth-order valence-electron chi connectivity index (χ4n) is 7.43. The summed E-state index contributed by atoms with van der Waals surface area (Å²) in [6, 6.07) is 54.1. The highest BCUT2D eigenvalue weighted by Gasteiger charge is 2.47. The minimum absolute atomic E-state index is 0.429. The molecule has 40 heavy (non-hydrogen) atoms. The van der Waals surface area contributed by atoms with Gasteiger partial charge in [-0.1, -0.05) is 140 Å². The van der Waals surface area contributed by atoms with Crippen molar-refractivity contribution in [3.63, 3.8) is 0 Å². The molecule has 0 saturated heterocycles. The van der Waals surface area contributed by atoms with Crippen LogP contribution in [0.25, 0.3) is 52.8 Å². The van der Waals surface area contributed by atoms with Gasteiger partial charge in [-0.2, -0.15) is 0 Å². The van der Waals surface area contributed by atoms with E-state index < -0.39 is 5.41 Å². The van der Waals surface area contributed by atoms with Gasteiger partial charge in [0, 0.05) is 25.6 Å². The van der Waals surface area contributed by atoms with Gasteiger partial charge in [-0.05, 0) is 55.6 Å². The van der Waals surface area contributed by atoms with Crippen molar-refractivity contribution in [3.05, 3.63) is 168 Å². The molecule has 0 bridgehead atoms. The highest BCUT2D eigenvalue weighted by molar-refractivity contribution is 7.27. The van der Waals surface area contributed by atoms with E-state index in [0.29, 0.717) is 0 Å². The Morgan fingerprint density at radius 2 is 0.975 bits per heavy atom. The van der Waals surface area contributed by atoms with Crippen LogP contribution in [0.4, 0.5) is 0 Å². The van der Waals surface area contributed by atoms with Gasteiger partial charge in [-0.15, -0.1) is 11.3 Å². The lowest BCUT2D eigenvalue weighted by atomic mass is 9.66. The van der Waals surface area contributed by atoms with Crippen molar-refractivity contribution in [1.82, 2.24) is 0 Å². The first-order valence-electron chi connectivity index (χ1n) is 13.9. The van der Waals surface area contributed by atoms with Gasteiger partial charge in [0.1, 0.15) is 0 Å². The van der Waals surface area contributed by atoms with Gasteiger partial charge in [-0.3, -0.25) is 0 Å². The minimum atomic E-state index is -0.429. The van der Waals surface area contributed by atoms with Crippen LogP contribution < -0.4 is 0 Å². The maximum absolute atomic E-state index is 2.39. The van der Waals surface area contributed by atoms with Crippen molar-refractivity contribution >= 4 is 53.1 Å². The van der Waals surface area contributed by atoms with Crippen LogP contribution >= 0.6 is 11.3 Å². The van der Waals surface area contributed by atoms with E-state index in [-0.39, 0.29) is 0 Å². The number of hydrogen-bond acceptors (Lipinski definition) is 1. The molecule has 9 rings (SSSR count). The van der Waals surface area contributed by atoms with Crippen LogP contribution in [0.1, 0.15) is 22.3 Å². The molecule has 0 aliphatic heterocycles. The number of hydrogen-bond donors (Lipinski definition) is 0. The average Bonchev–Trinajstić information content (AvgIpc) is 3.57. The summed E-state index contributed by atoms with van der Waals surface area (Å²) >= 11 is 1.93. The van der Waals surface area contributed by atoms with Gasteiger partial charge in [0.15, 0.2) is 0 Å². The van der Waals surface area contributed by atoms with Gasteiger partial charge in [0.25, 0.3) is 0 Å². The van der Waals surface area contributed by atoms with Gasteiger partial charge in [-0.25, -0.2) is 0 Å². The first-order valence-corrected chi connectivity index (χ1v) is 14.7. The fraction of sp³-hybridized carbons (Fsp3) is 0.0256. The first-order chi connectivity index (χ1) is 19.9. The van der Waals surface area contributed by atoms with Crippen molar-refractivity contribution in [2.45, 2.75) is 5.41 Å². The lowest BCUT2D eigenvalue weighted by Gasteiger charge is -2.35. The van der Waals surface area contributed by atoms with E-state index in [1.165, 1.54) is 75.1 Å². The van der Waals surface area contributed by atoms with Gasteiger partial charge in [0.05, 0.1) is 5.41 Å². The van der Waals surface area contributed by atoms with Gasteiger partial charge >= 0.3 is 0 Å². The zero-order valence-electron chi connectivity index (χ0n) is 21.8. The summed E-state index contributed by atoms with van der Waals surface area (Å²) in [5.74, 6) is 0. The van der Waals surface area contributed by atoms with Crippen LogP contribution in [-0.2, 0) is 5.41 Å². The van der Waals surface area contributed by atoms with Crippen LogP contribution in [0.2, 0.25) is 0 Å². The number of rotatable bonds is 2. The monoisotopic (exact) mass is 524 g/mol. The zero-order chi connectivity index (χ0) is 26.3. The summed E-state index contributed by atoms with van der Waals surface area (Å²) < 4.78 is 2.72. The molecule has 0 fully saturated rings. The molecule has 1 aliphatic rings. The Balaban J connectivity index is 1.59. The zero-order valence-corrected chi connectivity index (χ0v) is 22.6. The Hall–Kier alpha value is -4.72. The number of benzene rings is 7. The Morgan fingerprint density at radius 3 is 1.70 bits per heavy atom. The Kier molecular flexibility index (Phi) is 4.51. The number of thiophene rings is 1. The maximum Gasteiger partial charge on any atom is 0.0719 e. The molecule has 7 aromatic carbocycles. The van der Waals surface area contributed by atoms with E-state index in [1.54, 1.807) is 0 Å². The Bertz CT molecular complexity index is 2220. The predicted octanol–water partition coefficient (Wildman–Crippen LogP) is 10.7. The van der Waals surface area contributed by atoms with Crippen LogP contribution in [-0.4, -0.2) is 0 Å². The molecule has 0 radical (unpaired) electrons. The third-order valence-corrected chi connectivity index (χ3v) is 10.1. The minimum Gasteiger partial charge on any atom is -0.135 e. The van der Waals surface area contributed by atoms with Crippen molar-refractivity contribution in [1.29, 1.82) is 0 Å². The molecule has 1 heterocycles.